The van der Waals surface area contributed by atoms with Crippen LogP contribution in [-0.2, 0) is 9.31 Å². The van der Waals surface area contributed by atoms with E-state index in [4.69, 9.17) is 14.6 Å². The second kappa shape index (κ2) is 4.08. The molecule has 0 aliphatic carbocycles. The van der Waals surface area contributed by atoms with Crippen molar-refractivity contribution in [3.05, 3.63) is 23.5 Å². The summed E-state index contributed by atoms with van der Waals surface area (Å²) in [5.41, 5.74) is 1.41. The fourth-order valence-corrected chi connectivity index (χ4v) is 1.82. The molecule has 0 bridgehead atoms. The zero-order chi connectivity index (χ0) is 13.6. The molecule has 18 heavy (non-hydrogen) atoms. The normalized spacial score (nSPS) is 20.8. The molecule has 0 aromatic carbocycles. The fraction of sp³-hybridized carbons (Fsp3) is 0.538. The predicted molar refractivity (Wildman–Crippen MR) is 69.4 cm³/mol. The molecule has 5 heteroatoms. The molecule has 0 unspecified atom stereocenters. The van der Waals surface area contributed by atoms with E-state index >= 15 is 0 Å². The van der Waals surface area contributed by atoms with E-state index in [0.29, 0.717) is 5.69 Å². The van der Waals surface area contributed by atoms with Crippen molar-refractivity contribution in [2.45, 2.75) is 45.8 Å². The lowest BCUT2D eigenvalue weighted by atomic mass is 9.79. The van der Waals surface area contributed by atoms with E-state index in [1.165, 1.54) is 0 Å². The van der Waals surface area contributed by atoms with Crippen molar-refractivity contribution in [3.63, 3.8) is 0 Å². The highest BCUT2D eigenvalue weighted by molar-refractivity contribution is 6.62. The Labute approximate surface area is 108 Å². The maximum absolute atomic E-state index is 8.87. The van der Waals surface area contributed by atoms with Gasteiger partial charge < -0.3 is 9.31 Å². The Morgan fingerprint density at radius 2 is 1.78 bits per heavy atom. The number of nitriles is 1. The van der Waals surface area contributed by atoms with Crippen LogP contribution in [0.2, 0.25) is 0 Å². The van der Waals surface area contributed by atoms with Crippen LogP contribution < -0.4 is 5.46 Å². The number of nitrogens with zero attached hydrogens (tertiary/aromatic N) is 2. The zero-order valence-electron chi connectivity index (χ0n) is 11.4. The van der Waals surface area contributed by atoms with Gasteiger partial charge in [0, 0.05) is 11.7 Å². The average Bonchev–Trinajstić information content (AvgIpc) is 2.48. The molecule has 0 spiro atoms. The van der Waals surface area contributed by atoms with Gasteiger partial charge in [-0.25, -0.2) is 4.98 Å². The molecule has 1 aromatic heterocycles. The maximum atomic E-state index is 8.87. The largest absolute Gasteiger partial charge is 0.496 e. The minimum atomic E-state index is -0.422. The van der Waals surface area contributed by atoms with Gasteiger partial charge in [0.1, 0.15) is 11.8 Å². The molecule has 0 atom stereocenters. The quantitative estimate of drug-likeness (QED) is 0.703. The van der Waals surface area contributed by atoms with Gasteiger partial charge in [-0.15, -0.1) is 0 Å². The molecule has 94 valence electrons. The summed E-state index contributed by atoms with van der Waals surface area (Å²) in [5, 5.41) is 8.87. The number of pyridine rings is 1. The summed E-state index contributed by atoms with van der Waals surface area (Å²) in [6, 6.07) is 3.95. The smallest absolute Gasteiger partial charge is 0.399 e. The first-order valence-electron chi connectivity index (χ1n) is 5.99. The molecular formula is C13H17BN2O2. The fourth-order valence-electron chi connectivity index (χ4n) is 1.82. The van der Waals surface area contributed by atoms with E-state index in [9.17, 15) is 0 Å². The van der Waals surface area contributed by atoms with Crippen LogP contribution in [0.4, 0.5) is 0 Å². The van der Waals surface area contributed by atoms with Gasteiger partial charge in [-0.1, -0.05) is 6.07 Å². The van der Waals surface area contributed by atoms with E-state index in [1.54, 1.807) is 6.20 Å². The third-order valence-electron chi connectivity index (χ3n) is 3.73. The first kappa shape index (κ1) is 13.1. The Morgan fingerprint density at radius 3 is 2.22 bits per heavy atom. The van der Waals surface area contributed by atoms with Gasteiger partial charge in [0.15, 0.2) is 0 Å². The molecule has 2 heterocycles. The van der Waals surface area contributed by atoms with Gasteiger partial charge in [-0.3, -0.25) is 0 Å². The summed E-state index contributed by atoms with van der Waals surface area (Å²) in [6.45, 7) is 9.90. The second-order valence-corrected chi connectivity index (χ2v) is 5.63. The third-order valence-corrected chi connectivity index (χ3v) is 3.73. The van der Waals surface area contributed by atoms with Crippen LogP contribution in [0, 0.1) is 18.3 Å². The summed E-state index contributed by atoms with van der Waals surface area (Å²) >= 11 is 0. The van der Waals surface area contributed by atoms with Crippen molar-refractivity contribution in [3.8, 4) is 6.07 Å². The number of aromatic nitrogens is 1. The van der Waals surface area contributed by atoms with Crippen LogP contribution in [0.25, 0.3) is 0 Å². The summed E-state index contributed by atoms with van der Waals surface area (Å²) in [4.78, 5) is 4.12. The highest BCUT2D eigenvalue weighted by atomic mass is 16.7. The lowest BCUT2D eigenvalue weighted by molar-refractivity contribution is 0.00578. The van der Waals surface area contributed by atoms with Gasteiger partial charge in [0.2, 0.25) is 0 Å². The molecule has 2 rings (SSSR count). The number of hydrogen-bond donors (Lipinski definition) is 0. The number of hydrogen-bond acceptors (Lipinski definition) is 4. The molecule has 1 aliphatic heterocycles. The summed E-state index contributed by atoms with van der Waals surface area (Å²) < 4.78 is 11.9. The highest BCUT2D eigenvalue weighted by Crippen LogP contribution is 2.36. The topological polar surface area (TPSA) is 55.1 Å². The summed E-state index contributed by atoms with van der Waals surface area (Å²) in [6.07, 6.45) is 1.65. The van der Waals surface area contributed by atoms with E-state index in [2.05, 4.69) is 11.1 Å². The van der Waals surface area contributed by atoms with Gasteiger partial charge in [-0.2, -0.15) is 5.26 Å². The van der Waals surface area contributed by atoms with Gasteiger partial charge in [0.25, 0.3) is 0 Å². The van der Waals surface area contributed by atoms with E-state index in [1.807, 2.05) is 40.7 Å². The maximum Gasteiger partial charge on any atom is 0.496 e. The molecule has 0 saturated carbocycles. The molecule has 0 N–H and O–H groups in total. The molecule has 0 amide bonds. The van der Waals surface area contributed by atoms with Gasteiger partial charge in [0.05, 0.1) is 11.2 Å². The van der Waals surface area contributed by atoms with E-state index in [-0.39, 0.29) is 11.2 Å². The third kappa shape index (κ3) is 2.02. The van der Waals surface area contributed by atoms with Crippen molar-refractivity contribution in [1.82, 2.24) is 4.98 Å². The molecule has 1 saturated heterocycles. The van der Waals surface area contributed by atoms with Crippen LogP contribution >= 0.6 is 0 Å². The summed E-state index contributed by atoms with van der Waals surface area (Å²) in [5.74, 6) is 0. The van der Waals surface area contributed by atoms with Crippen molar-refractivity contribution >= 4 is 12.6 Å². The monoisotopic (exact) mass is 244 g/mol. The molecule has 1 aliphatic rings. The average molecular weight is 244 g/mol. The van der Waals surface area contributed by atoms with Crippen molar-refractivity contribution < 1.29 is 9.31 Å². The van der Waals surface area contributed by atoms with Crippen LogP contribution in [0.5, 0.6) is 0 Å². The number of aryl methyl sites for hydroxylation is 1. The standard InChI is InChI=1S/C13H17BN2O2/c1-9-6-10(8-16-11(9)7-15)14-17-12(2,3)13(4,5)18-14/h6,8H,1-5H3. The van der Waals surface area contributed by atoms with E-state index < -0.39 is 7.12 Å². The van der Waals surface area contributed by atoms with Crippen molar-refractivity contribution in [1.29, 1.82) is 5.26 Å². The minimum absolute atomic E-state index is 0.362. The first-order valence-corrected chi connectivity index (χ1v) is 5.99. The van der Waals surface area contributed by atoms with Crippen LogP contribution in [0.3, 0.4) is 0 Å². The molecular weight excluding hydrogens is 227 g/mol. The number of rotatable bonds is 1. The van der Waals surface area contributed by atoms with E-state index in [0.717, 1.165) is 11.0 Å². The summed E-state index contributed by atoms with van der Waals surface area (Å²) in [7, 11) is -0.422. The molecule has 0 radical (unpaired) electrons. The van der Waals surface area contributed by atoms with Crippen LogP contribution in [0.1, 0.15) is 39.0 Å². The molecule has 4 nitrogen and oxygen atoms in total. The minimum Gasteiger partial charge on any atom is -0.399 e. The Hall–Kier alpha value is -1.38. The van der Waals surface area contributed by atoms with Gasteiger partial charge in [-0.05, 0) is 40.2 Å². The second-order valence-electron chi connectivity index (χ2n) is 5.63. The van der Waals surface area contributed by atoms with Crippen LogP contribution in [-0.4, -0.2) is 23.3 Å². The zero-order valence-corrected chi connectivity index (χ0v) is 11.4. The first-order chi connectivity index (χ1) is 8.27. The Kier molecular flexibility index (Phi) is 2.96. The Balaban J connectivity index is 2.31. The SMILES string of the molecule is Cc1cc(B2OC(C)(C)C(C)(C)O2)cnc1C#N. The Morgan fingerprint density at radius 1 is 1.22 bits per heavy atom. The molecule has 1 fully saturated rings. The van der Waals surface area contributed by atoms with Crippen molar-refractivity contribution in [2.75, 3.05) is 0 Å². The lowest BCUT2D eigenvalue weighted by Crippen LogP contribution is -2.41. The van der Waals surface area contributed by atoms with Crippen LogP contribution in [0.15, 0.2) is 12.3 Å². The highest BCUT2D eigenvalue weighted by Gasteiger charge is 2.51. The van der Waals surface area contributed by atoms with Crippen molar-refractivity contribution in [2.24, 2.45) is 0 Å². The van der Waals surface area contributed by atoms with Gasteiger partial charge >= 0.3 is 7.12 Å². The Bertz CT molecular complexity index is 504. The lowest BCUT2D eigenvalue weighted by Gasteiger charge is -2.32. The predicted octanol–water partition coefficient (Wildman–Crippen LogP) is 1.56. The molecule has 1 aromatic rings.